The molecule has 12 rings (SSSR count). The number of azide groups is 1. The first-order valence-corrected chi connectivity index (χ1v) is 37.2. The Balaban J connectivity index is 0.000000203. The van der Waals surface area contributed by atoms with Crippen molar-refractivity contribution in [2.75, 3.05) is 59.2 Å². The minimum Gasteiger partial charge on any atom is -0.536 e. The van der Waals surface area contributed by atoms with E-state index in [1.165, 1.54) is 30.7 Å². The van der Waals surface area contributed by atoms with Crippen LogP contribution in [0.5, 0.6) is 11.5 Å². The van der Waals surface area contributed by atoms with Crippen molar-refractivity contribution in [3.8, 4) is 46.6 Å². The molecule has 3 unspecified atom stereocenters. The minimum atomic E-state index is -2.01. The quantitative estimate of drug-likeness (QED) is 0.00319. The van der Waals surface area contributed by atoms with Crippen LogP contribution in [0.1, 0.15) is 125 Å². The van der Waals surface area contributed by atoms with Crippen molar-refractivity contribution < 1.29 is 95.7 Å². The second-order valence-electron chi connectivity index (χ2n) is 27.6. The summed E-state index contributed by atoms with van der Waals surface area (Å²) in [7, 11) is -1.97. The number of terminal acetylenes is 1. The summed E-state index contributed by atoms with van der Waals surface area (Å²) in [4.78, 5) is 152. The molecule has 590 valence electrons. The fourth-order valence-electron chi connectivity index (χ4n) is 14.6. The molecule has 5 aliphatic heterocycles. The first-order valence-electron chi connectivity index (χ1n) is 36.9. The van der Waals surface area contributed by atoms with E-state index < -0.39 is 79.0 Å². The zero-order valence-electron chi connectivity index (χ0n) is 63.2. The van der Waals surface area contributed by atoms with Gasteiger partial charge in [-0.25, -0.2) is 29.1 Å². The molecule has 4 aromatic heterocycles. The van der Waals surface area contributed by atoms with E-state index in [4.69, 9.17) is 76.0 Å². The molecule has 5 N–H and O–H groups in total. The highest BCUT2D eigenvalue weighted by molar-refractivity contribution is 6.61. The summed E-state index contributed by atoms with van der Waals surface area (Å²) >= 11 is 5.51. The van der Waals surface area contributed by atoms with Gasteiger partial charge in [-0.1, -0.05) is 52.6 Å². The molecule has 1 fully saturated rings. The largest absolute Gasteiger partial charge is 0.536 e. The fraction of sp³-hybridized carbons (Fsp3) is 0.461. The Morgan fingerprint density at radius 2 is 1.24 bits per heavy atom. The number of nitrogens with zero attached hydrogens (tertiary/aromatic N) is 8. The van der Waals surface area contributed by atoms with Crippen LogP contribution in [0.3, 0.4) is 0 Å². The molecule has 2 aromatic carbocycles. The summed E-state index contributed by atoms with van der Waals surface area (Å²) in [5.74, 6) is 0.322. The first kappa shape index (κ1) is 83.3. The summed E-state index contributed by atoms with van der Waals surface area (Å²) < 4.78 is 51.7. The third-order valence-electron chi connectivity index (χ3n) is 20.2. The normalized spacial score (nSPS) is 18.2. The summed E-state index contributed by atoms with van der Waals surface area (Å²) in [6.07, 6.45) is 11.0. The van der Waals surface area contributed by atoms with Gasteiger partial charge in [0.05, 0.1) is 83.8 Å². The van der Waals surface area contributed by atoms with Crippen molar-refractivity contribution in [2.24, 2.45) is 22.9 Å². The zero-order chi connectivity index (χ0) is 80.9. The van der Waals surface area contributed by atoms with Gasteiger partial charge in [0.15, 0.2) is 0 Å². The lowest BCUT2D eigenvalue weighted by Crippen LogP contribution is -2.48. The van der Waals surface area contributed by atoms with Crippen molar-refractivity contribution in [3.63, 3.8) is 0 Å². The third-order valence-corrected chi connectivity index (χ3v) is 20.3. The molecule has 0 bridgehead atoms. The van der Waals surface area contributed by atoms with Gasteiger partial charge < -0.3 is 77.6 Å². The van der Waals surface area contributed by atoms with Crippen molar-refractivity contribution in [1.29, 1.82) is 0 Å². The first-order chi connectivity index (χ1) is 53.6. The average molecular weight is 1560 g/mol. The van der Waals surface area contributed by atoms with E-state index in [-0.39, 0.29) is 136 Å². The molecular formula is C76H86B2ClN11O22. The maximum atomic E-state index is 14.1. The number of benzene rings is 2. The highest BCUT2D eigenvalue weighted by atomic mass is 35.5. The molecule has 33 nitrogen and oxygen atoms in total. The molecule has 1 saturated carbocycles. The second kappa shape index (κ2) is 36.8. The molecule has 5 amide bonds. The maximum Gasteiger partial charge on any atom is 0.519 e. The number of halogens is 1. The van der Waals surface area contributed by atoms with E-state index in [1.807, 2.05) is 26.0 Å². The van der Waals surface area contributed by atoms with Crippen LogP contribution in [0.4, 0.5) is 9.59 Å². The highest BCUT2D eigenvalue weighted by Crippen LogP contribution is 2.45. The third kappa shape index (κ3) is 18.2. The van der Waals surface area contributed by atoms with Crippen LogP contribution >= 0.6 is 11.6 Å². The van der Waals surface area contributed by atoms with Gasteiger partial charge in [0.1, 0.15) is 44.5 Å². The van der Waals surface area contributed by atoms with Gasteiger partial charge in [-0.15, -0.1) is 6.42 Å². The number of esters is 2. The lowest BCUT2D eigenvalue weighted by molar-refractivity contribution is -0.175. The van der Waals surface area contributed by atoms with Crippen molar-refractivity contribution in [3.05, 3.63) is 136 Å². The summed E-state index contributed by atoms with van der Waals surface area (Å²) in [5, 5.41) is 32.3. The lowest BCUT2D eigenvalue weighted by Gasteiger charge is -2.35. The van der Waals surface area contributed by atoms with Crippen molar-refractivity contribution >= 4 is 101 Å². The number of amides is 5. The standard InChI is InChI=1S/C37H46BN7O12.C24H22BClN2O7.C15H18N2O3/c1-6-23-24-14-22(57-38(5)51)8-9-28(24)43-33-25(23)16-45-30(33)15-27-26(34(45)48)17-54-35(49)37(27,7-2)56-36(50)55-18-29(21(3)4)42-32(47)20-53-19-31(46)40-10-12-52-13-11-41-44-39;1-4-13-14-8-12(35-25(3)32)6-7-18(14)27-20-15(13)10-28-19(20)9-17-16(21(28)29)11-33-22(30)24(17,5-2)34-23(26)31;1-2-9-16-15(20)12-5-3-11(4-6-12)10-17-13(18)7-8-14(17)19/h8-9,14-15,21,29,51H,6-7,10-13,16-20H2,1-5H3,(H,40,46)(H,42,47);6-9,32H,4-5,10-11H2,1-3H3;1,7-8,11-12H,3-6,9-10H2,(H,16,20). The molecule has 0 spiro atoms. The van der Waals surface area contributed by atoms with E-state index in [0.29, 0.717) is 77.2 Å². The smallest absolute Gasteiger partial charge is 0.519 e. The number of nitrogens with one attached hydrogen (secondary N) is 3. The SMILES string of the molecule is C#CCNC(=O)C1CCC(CN2C(=O)C=CC2=O)CC1.CCc1c2c(nc3ccc(OB(C)O)cc13)-c1cc3c(c(=O)n1C2)COC(=O)C3(CC)OC(=O)Cl.CCc1c2c(nc3ccc(OB(C)O)cc13)-c1cc3c(c(=O)n1C2)COC(=O)C3(CC)OC(=O)OCC(NC(=O)COCC(=O)NCCOCCN=[N+]=[N-])C(C)C. The van der Waals surface area contributed by atoms with Gasteiger partial charge in [0.2, 0.25) is 28.9 Å². The van der Waals surface area contributed by atoms with Crippen LogP contribution in [-0.4, -0.2) is 167 Å². The van der Waals surface area contributed by atoms with Gasteiger partial charge >= 0.3 is 37.8 Å². The maximum absolute atomic E-state index is 14.1. The van der Waals surface area contributed by atoms with Crippen LogP contribution in [0.15, 0.2) is 75.4 Å². The van der Waals surface area contributed by atoms with E-state index in [9.17, 15) is 62.8 Å². The average Bonchev–Trinajstić information content (AvgIpc) is 1.51. The fourth-order valence-corrected chi connectivity index (χ4v) is 14.8. The van der Waals surface area contributed by atoms with Gasteiger partial charge in [-0.05, 0) is 142 Å². The van der Waals surface area contributed by atoms with Crippen LogP contribution in [0.25, 0.3) is 55.0 Å². The van der Waals surface area contributed by atoms with E-state index in [2.05, 4.69) is 31.9 Å². The van der Waals surface area contributed by atoms with Crippen LogP contribution < -0.4 is 36.4 Å². The number of aryl methyl sites for hydroxylation is 2. The Kier molecular flexibility index (Phi) is 27.4. The van der Waals surface area contributed by atoms with Crippen LogP contribution in [-0.2, 0) is 117 Å². The molecule has 112 heavy (non-hydrogen) atoms. The van der Waals surface area contributed by atoms with Gasteiger partial charge in [-0.2, -0.15) is 0 Å². The zero-order valence-corrected chi connectivity index (χ0v) is 63.9. The molecule has 0 saturated heterocycles. The number of hydrogen-bond acceptors (Lipinski definition) is 25. The molecule has 6 aliphatic rings. The number of fused-ring (bicyclic) bond motifs is 10. The molecule has 6 aromatic rings. The van der Waals surface area contributed by atoms with Crippen LogP contribution in [0, 0.1) is 30.1 Å². The van der Waals surface area contributed by atoms with E-state index in [0.717, 1.165) is 58.7 Å². The van der Waals surface area contributed by atoms with Crippen molar-refractivity contribution in [2.45, 2.75) is 150 Å². The number of aromatic nitrogens is 4. The Morgan fingerprint density at radius 3 is 1.71 bits per heavy atom. The number of rotatable bonds is 28. The van der Waals surface area contributed by atoms with Gasteiger partial charge in [0.25, 0.3) is 22.9 Å². The Labute approximate surface area is 648 Å². The summed E-state index contributed by atoms with van der Waals surface area (Å²) in [6.45, 7) is 14.3. The number of cyclic esters (lactones) is 2. The number of ether oxygens (including phenoxy) is 7. The number of carbonyl (C=O) groups excluding carboxylic acids is 9. The van der Waals surface area contributed by atoms with Crippen LogP contribution in [0.2, 0.25) is 13.6 Å². The molecule has 36 heteroatoms. The monoisotopic (exact) mass is 1560 g/mol. The Bertz CT molecular complexity index is 4930. The predicted octanol–water partition coefficient (Wildman–Crippen LogP) is 6.87. The summed E-state index contributed by atoms with van der Waals surface area (Å²) in [5.41, 5.74) is 10.5. The second-order valence-corrected chi connectivity index (χ2v) is 27.9. The van der Waals surface area contributed by atoms with Gasteiger partial charge in [0, 0.05) is 87.2 Å². The molecule has 9 heterocycles. The molecule has 1 aliphatic carbocycles. The van der Waals surface area contributed by atoms with Crippen molar-refractivity contribution in [1.82, 2.24) is 40.0 Å². The lowest BCUT2D eigenvalue weighted by atomic mass is 9.81. The Morgan fingerprint density at radius 1 is 0.723 bits per heavy atom. The number of pyridine rings is 4. The number of carbonyl (C=O) groups is 9. The highest BCUT2D eigenvalue weighted by Gasteiger charge is 2.53. The topological polar surface area (TPSA) is 435 Å². The predicted molar refractivity (Wildman–Crippen MR) is 406 cm³/mol. The number of imide groups is 1. The molecular weight excluding hydrogens is 1480 g/mol. The minimum absolute atomic E-state index is 0.00251. The molecule has 0 radical (unpaired) electrons. The Hall–Kier alpha value is -11.1. The van der Waals surface area contributed by atoms with E-state index >= 15 is 0 Å². The molecule has 3 atom stereocenters. The summed E-state index contributed by atoms with van der Waals surface area (Å²) in [6, 6.07) is 13.3. The van der Waals surface area contributed by atoms with Gasteiger partial charge in [-0.3, -0.25) is 38.5 Å². The number of hydrogen-bond donors (Lipinski definition) is 5. The van der Waals surface area contributed by atoms with E-state index in [1.54, 1.807) is 73.2 Å².